The minimum absolute atomic E-state index is 0.275. The fraction of sp³-hybridized carbons (Fsp3) is 0.391. The van der Waals surface area contributed by atoms with Gasteiger partial charge in [0.15, 0.2) is 5.13 Å². The van der Waals surface area contributed by atoms with Crippen LogP contribution in [0.2, 0.25) is 11.3 Å². The summed E-state index contributed by atoms with van der Waals surface area (Å²) in [4.78, 5) is 31.1. The van der Waals surface area contributed by atoms with Crippen LogP contribution in [-0.4, -0.2) is 75.6 Å². The van der Waals surface area contributed by atoms with Gasteiger partial charge in [0.05, 0.1) is 16.9 Å². The summed E-state index contributed by atoms with van der Waals surface area (Å²) in [6, 6.07) is 7.35. The Bertz CT molecular complexity index is 1180. The Morgan fingerprint density at radius 2 is 1.97 bits per heavy atom. The number of aryl methyl sites for hydroxylation is 2. The Balaban J connectivity index is 1.37. The Hall–Kier alpha value is -2.77. The number of hydrogen-bond acceptors (Lipinski definition) is 10. The summed E-state index contributed by atoms with van der Waals surface area (Å²) in [7, 11) is -1.24. The fourth-order valence-corrected chi connectivity index (χ4v) is 4.98. The largest absolute Gasteiger partial charge is 0.451 e. The first kappa shape index (κ1) is 26.3. The molecule has 1 aromatic carbocycles. The van der Waals surface area contributed by atoms with Crippen LogP contribution in [-0.2, 0) is 0 Å². The van der Waals surface area contributed by atoms with Gasteiger partial charge in [-0.05, 0) is 44.8 Å². The molecule has 36 heavy (non-hydrogen) atoms. The predicted octanol–water partition coefficient (Wildman–Crippen LogP) is 3.18. The molecule has 3 aromatic rings. The molecule has 13 heteroatoms. The zero-order chi connectivity index (χ0) is 25.7. The Morgan fingerprint density at radius 3 is 2.69 bits per heavy atom. The van der Waals surface area contributed by atoms with E-state index in [1.165, 1.54) is 17.5 Å². The first-order valence-electron chi connectivity index (χ1n) is 11.8. The normalized spacial score (nSPS) is 14.1. The van der Waals surface area contributed by atoms with Crippen LogP contribution < -0.4 is 15.5 Å². The van der Waals surface area contributed by atoms with Gasteiger partial charge >= 0.3 is 7.12 Å². The van der Waals surface area contributed by atoms with Gasteiger partial charge in [0.1, 0.15) is 22.3 Å². The summed E-state index contributed by atoms with van der Waals surface area (Å²) in [6.45, 7) is 7.97. The fourth-order valence-electron chi connectivity index (χ4n) is 3.99. The third-order valence-corrected chi connectivity index (χ3v) is 7.11. The highest BCUT2D eigenvalue weighted by Crippen LogP contribution is 2.28. The van der Waals surface area contributed by atoms with Gasteiger partial charge in [0.25, 0.3) is 5.91 Å². The maximum atomic E-state index is 12.7. The van der Waals surface area contributed by atoms with E-state index in [2.05, 4.69) is 35.4 Å². The first-order chi connectivity index (χ1) is 17.3. The third-order valence-electron chi connectivity index (χ3n) is 5.88. The summed E-state index contributed by atoms with van der Waals surface area (Å²) < 4.78 is 0. The summed E-state index contributed by atoms with van der Waals surface area (Å²) in [5.41, 5.74) is 1.47. The number of aromatic nitrogens is 3. The van der Waals surface area contributed by atoms with Crippen molar-refractivity contribution >= 4 is 58.4 Å². The third kappa shape index (κ3) is 6.92. The second-order valence-electron chi connectivity index (χ2n) is 8.65. The van der Waals surface area contributed by atoms with Gasteiger partial charge < -0.3 is 25.6 Å². The monoisotopic (exact) mass is 529 g/mol. The van der Waals surface area contributed by atoms with E-state index in [1.807, 2.05) is 32.0 Å². The van der Waals surface area contributed by atoms with Crippen molar-refractivity contribution in [1.82, 2.24) is 19.9 Å². The minimum Gasteiger partial charge on any atom is -0.427 e. The molecular weight excluding hydrogens is 501 g/mol. The van der Waals surface area contributed by atoms with E-state index in [0.29, 0.717) is 38.7 Å². The number of nitrogens with zero attached hydrogens (tertiary/aromatic N) is 5. The minimum atomic E-state index is -1.24. The molecule has 1 aliphatic heterocycles. The molecular formula is C23H29BClN7O3S. The molecule has 4 N–H and O–H groups in total. The number of nitrogens with one attached hydrogen (secondary N) is 2. The van der Waals surface area contributed by atoms with Gasteiger partial charge in [-0.2, -0.15) is 0 Å². The van der Waals surface area contributed by atoms with E-state index in [1.54, 1.807) is 6.07 Å². The molecule has 0 atom stereocenters. The summed E-state index contributed by atoms with van der Waals surface area (Å²) >= 11 is 7.46. The van der Waals surface area contributed by atoms with Gasteiger partial charge in [-0.3, -0.25) is 9.69 Å². The van der Waals surface area contributed by atoms with Crippen molar-refractivity contribution in [3.63, 3.8) is 0 Å². The molecule has 4 rings (SSSR count). The number of carbonyl (C=O) groups excluding carboxylic acids is 1. The van der Waals surface area contributed by atoms with Gasteiger partial charge in [-0.25, -0.2) is 15.0 Å². The van der Waals surface area contributed by atoms with Gasteiger partial charge in [-0.15, -0.1) is 0 Å². The molecule has 1 amide bonds. The van der Waals surface area contributed by atoms with Crippen LogP contribution >= 0.6 is 22.9 Å². The highest BCUT2D eigenvalue weighted by atomic mass is 35.5. The van der Waals surface area contributed by atoms with Crippen LogP contribution in [0.3, 0.4) is 0 Å². The maximum absolute atomic E-state index is 12.7. The molecule has 3 heterocycles. The van der Waals surface area contributed by atoms with Crippen molar-refractivity contribution in [2.45, 2.75) is 26.6 Å². The van der Waals surface area contributed by atoms with Crippen molar-refractivity contribution in [3.8, 4) is 0 Å². The average Bonchev–Trinajstić information content (AvgIpc) is 3.30. The van der Waals surface area contributed by atoms with Gasteiger partial charge in [0.2, 0.25) is 0 Å². The quantitative estimate of drug-likeness (QED) is 0.309. The molecule has 1 saturated heterocycles. The summed E-state index contributed by atoms with van der Waals surface area (Å²) in [5.74, 6) is 1.81. The molecule has 10 nitrogen and oxygen atoms in total. The summed E-state index contributed by atoms with van der Waals surface area (Å²) in [5, 5.41) is 25.1. The van der Waals surface area contributed by atoms with Crippen molar-refractivity contribution in [1.29, 1.82) is 0 Å². The van der Waals surface area contributed by atoms with E-state index in [0.717, 1.165) is 50.5 Å². The van der Waals surface area contributed by atoms with Crippen LogP contribution in [0.5, 0.6) is 0 Å². The number of thiazole rings is 1. The molecule has 0 radical (unpaired) electrons. The van der Waals surface area contributed by atoms with E-state index in [-0.39, 0.29) is 5.91 Å². The SMILES string of the molecule is Cc1nc(Nc2ncc(C(=O)Nc3c(C)cccc3Cl)s2)cc(N2CCN(CCCB(O)O)CC2)n1. The maximum Gasteiger partial charge on any atom is 0.451 e. The number of rotatable bonds is 9. The standard InChI is InChI=1S/C23H29BClN7O3S/c1-15-5-3-6-17(25)21(15)30-22(33)18-14-26-23(36-18)29-19-13-20(28-16(2)27-19)32-11-9-31(10-12-32)8-4-7-24(34)35/h3,5-6,13-14,34-35H,4,7-12H2,1-2H3,(H,30,33)(H,26,27,28,29). The van der Waals surface area contributed by atoms with E-state index < -0.39 is 7.12 Å². The zero-order valence-electron chi connectivity index (χ0n) is 20.2. The first-order valence-corrected chi connectivity index (χ1v) is 13.0. The topological polar surface area (TPSA) is 127 Å². The summed E-state index contributed by atoms with van der Waals surface area (Å²) in [6.07, 6.45) is 2.67. The number of carbonyl (C=O) groups is 1. The second-order valence-corrected chi connectivity index (χ2v) is 10.1. The zero-order valence-corrected chi connectivity index (χ0v) is 21.8. The number of para-hydroxylation sites is 1. The van der Waals surface area contributed by atoms with Crippen molar-refractivity contribution in [3.05, 3.63) is 51.7 Å². The molecule has 0 spiro atoms. The number of piperazine rings is 1. The van der Waals surface area contributed by atoms with Crippen molar-refractivity contribution < 1.29 is 14.8 Å². The second kappa shape index (κ2) is 12.0. The lowest BCUT2D eigenvalue weighted by atomic mass is 9.84. The Labute approximate surface area is 219 Å². The van der Waals surface area contributed by atoms with Crippen LogP contribution in [0, 0.1) is 13.8 Å². The van der Waals surface area contributed by atoms with Crippen LogP contribution in [0.15, 0.2) is 30.5 Å². The molecule has 0 bridgehead atoms. The van der Waals surface area contributed by atoms with Gasteiger partial charge in [-0.1, -0.05) is 35.1 Å². The molecule has 1 fully saturated rings. The highest BCUT2D eigenvalue weighted by molar-refractivity contribution is 7.17. The number of hydrogen-bond donors (Lipinski definition) is 4. The lowest BCUT2D eigenvalue weighted by Gasteiger charge is -2.35. The van der Waals surface area contributed by atoms with Gasteiger partial charge in [0, 0.05) is 32.2 Å². The molecule has 1 aliphatic rings. The van der Waals surface area contributed by atoms with Crippen LogP contribution in [0.1, 0.15) is 27.5 Å². The van der Waals surface area contributed by atoms with Crippen LogP contribution in [0.25, 0.3) is 0 Å². The predicted molar refractivity (Wildman–Crippen MR) is 145 cm³/mol. The molecule has 0 unspecified atom stereocenters. The molecule has 0 saturated carbocycles. The molecule has 0 aliphatic carbocycles. The van der Waals surface area contributed by atoms with E-state index in [4.69, 9.17) is 21.6 Å². The molecule has 190 valence electrons. The number of benzene rings is 1. The van der Waals surface area contributed by atoms with Crippen molar-refractivity contribution in [2.24, 2.45) is 0 Å². The van der Waals surface area contributed by atoms with E-state index in [9.17, 15) is 4.79 Å². The Kier molecular flexibility index (Phi) is 8.75. The smallest absolute Gasteiger partial charge is 0.427 e. The molecule has 2 aromatic heterocycles. The average molecular weight is 530 g/mol. The number of amides is 1. The van der Waals surface area contributed by atoms with E-state index >= 15 is 0 Å². The lowest BCUT2D eigenvalue weighted by Crippen LogP contribution is -2.47. The Morgan fingerprint density at radius 1 is 1.19 bits per heavy atom. The van der Waals surface area contributed by atoms with Crippen LogP contribution in [0.4, 0.5) is 22.5 Å². The number of halogens is 1. The van der Waals surface area contributed by atoms with Crippen molar-refractivity contribution in [2.75, 3.05) is 48.3 Å². The lowest BCUT2D eigenvalue weighted by molar-refractivity contribution is 0.103. The number of anilines is 4. The highest BCUT2D eigenvalue weighted by Gasteiger charge is 2.20.